The number of anilines is 1. The van der Waals surface area contributed by atoms with Gasteiger partial charge in [-0.3, -0.25) is 4.79 Å². The van der Waals surface area contributed by atoms with Crippen LogP contribution in [0.3, 0.4) is 0 Å². The van der Waals surface area contributed by atoms with E-state index in [-0.39, 0.29) is 11.3 Å². The van der Waals surface area contributed by atoms with Crippen molar-refractivity contribution < 1.29 is 19.1 Å². The largest absolute Gasteiger partial charge is 0.478 e. The van der Waals surface area contributed by atoms with Crippen molar-refractivity contribution in [2.45, 2.75) is 20.3 Å². The number of aryl methyl sites for hydroxylation is 2. The van der Waals surface area contributed by atoms with E-state index in [2.05, 4.69) is 5.32 Å². The maximum absolute atomic E-state index is 12.0. The summed E-state index contributed by atoms with van der Waals surface area (Å²) in [6.45, 7) is 3.68. The quantitative estimate of drug-likeness (QED) is 0.901. The van der Waals surface area contributed by atoms with E-state index >= 15 is 0 Å². The lowest BCUT2D eigenvalue weighted by atomic mass is 10.2. The summed E-state index contributed by atoms with van der Waals surface area (Å²) in [5, 5.41) is 12.0. The van der Waals surface area contributed by atoms with Gasteiger partial charge in [-0.1, -0.05) is 6.92 Å². The van der Waals surface area contributed by atoms with E-state index in [0.717, 1.165) is 11.3 Å². The van der Waals surface area contributed by atoms with Crippen LogP contribution in [0.5, 0.6) is 0 Å². The van der Waals surface area contributed by atoms with E-state index in [4.69, 9.17) is 9.52 Å². The molecule has 0 spiro atoms. The molecule has 0 aliphatic rings. The molecule has 0 atom stereocenters. The van der Waals surface area contributed by atoms with Gasteiger partial charge in [-0.05, 0) is 25.5 Å². The van der Waals surface area contributed by atoms with Gasteiger partial charge in [0.15, 0.2) is 5.76 Å². The Morgan fingerprint density at radius 1 is 1.47 bits per heavy atom. The average Bonchev–Trinajstić information content (AvgIpc) is 2.95. The summed E-state index contributed by atoms with van der Waals surface area (Å²) in [4.78, 5) is 24.0. The highest BCUT2D eigenvalue weighted by molar-refractivity contribution is 7.16. The molecule has 2 heterocycles. The van der Waals surface area contributed by atoms with Gasteiger partial charge in [0.25, 0.3) is 5.91 Å². The number of hydrogen-bond acceptors (Lipinski definition) is 4. The number of thiophene rings is 1. The lowest BCUT2D eigenvalue weighted by Crippen LogP contribution is -2.13. The number of hydrogen-bond donors (Lipinski definition) is 2. The van der Waals surface area contributed by atoms with Crippen molar-refractivity contribution in [3.05, 3.63) is 40.2 Å². The highest BCUT2D eigenvalue weighted by Gasteiger charge is 2.19. The standard InChI is InChI=1S/C13H13NO4S/c1-3-8-6-9(13(16)17)12(19-8)14-11(15)10-7(2)4-5-18-10/h4-6H,3H2,1-2H3,(H,14,15)(H,16,17). The molecule has 19 heavy (non-hydrogen) atoms. The summed E-state index contributed by atoms with van der Waals surface area (Å²) in [6.07, 6.45) is 2.15. The van der Waals surface area contributed by atoms with Crippen LogP contribution in [0.25, 0.3) is 0 Å². The van der Waals surface area contributed by atoms with Crippen molar-refractivity contribution >= 4 is 28.2 Å². The molecule has 2 aromatic rings. The van der Waals surface area contributed by atoms with Gasteiger partial charge >= 0.3 is 5.97 Å². The van der Waals surface area contributed by atoms with Crippen LogP contribution in [0.1, 0.15) is 38.3 Å². The van der Waals surface area contributed by atoms with E-state index < -0.39 is 11.9 Å². The van der Waals surface area contributed by atoms with Gasteiger partial charge in [0.05, 0.1) is 11.8 Å². The predicted molar refractivity (Wildman–Crippen MR) is 72.1 cm³/mol. The third kappa shape index (κ3) is 2.68. The molecule has 100 valence electrons. The highest BCUT2D eigenvalue weighted by atomic mass is 32.1. The highest BCUT2D eigenvalue weighted by Crippen LogP contribution is 2.29. The predicted octanol–water partition coefficient (Wildman–Crippen LogP) is 3.16. The molecule has 0 aliphatic carbocycles. The summed E-state index contributed by atoms with van der Waals surface area (Å²) in [5.41, 5.74) is 0.820. The number of rotatable bonds is 4. The molecular formula is C13H13NO4S. The molecule has 0 saturated carbocycles. The van der Waals surface area contributed by atoms with E-state index in [9.17, 15) is 9.59 Å². The van der Waals surface area contributed by atoms with Crippen LogP contribution < -0.4 is 5.32 Å². The van der Waals surface area contributed by atoms with Gasteiger partial charge in [-0.15, -0.1) is 11.3 Å². The number of carboxylic acids is 1. The monoisotopic (exact) mass is 279 g/mol. The van der Waals surface area contributed by atoms with Gasteiger partial charge in [0.1, 0.15) is 5.00 Å². The Labute approximate surface area is 113 Å². The SMILES string of the molecule is CCc1cc(C(=O)O)c(NC(=O)c2occc2C)s1. The number of carboxylic acid groups (broad SMARTS) is 1. The number of carbonyl (C=O) groups is 2. The summed E-state index contributed by atoms with van der Waals surface area (Å²) >= 11 is 1.26. The van der Waals surface area contributed by atoms with Crippen LogP contribution in [0.2, 0.25) is 0 Å². The Bertz CT molecular complexity index is 626. The molecule has 1 amide bonds. The summed E-state index contributed by atoms with van der Waals surface area (Å²) in [5.74, 6) is -1.29. The Hall–Kier alpha value is -2.08. The zero-order valence-electron chi connectivity index (χ0n) is 10.5. The molecular weight excluding hydrogens is 266 g/mol. The van der Waals surface area contributed by atoms with Crippen LogP contribution in [0.4, 0.5) is 5.00 Å². The topological polar surface area (TPSA) is 79.5 Å². The fourth-order valence-electron chi connectivity index (χ4n) is 1.63. The normalized spacial score (nSPS) is 10.4. The number of furan rings is 1. The molecule has 0 aromatic carbocycles. The first kappa shape index (κ1) is 13.4. The number of carbonyl (C=O) groups excluding carboxylic acids is 1. The second kappa shape index (κ2) is 5.27. The van der Waals surface area contributed by atoms with Gasteiger partial charge in [0.2, 0.25) is 0 Å². The maximum Gasteiger partial charge on any atom is 0.338 e. The first-order chi connectivity index (χ1) is 9.02. The summed E-state index contributed by atoms with van der Waals surface area (Å²) < 4.78 is 5.08. The lowest BCUT2D eigenvalue weighted by Gasteiger charge is -2.02. The minimum Gasteiger partial charge on any atom is -0.478 e. The summed E-state index contributed by atoms with van der Waals surface area (Å²) in [6, 6.07) is 3.26. The number of aromatic carboxylic acids is 1. The number of nitrogens with one attached hydrogen (secondary N) is 1. The Morgan fingerprint density at radius 2 is 2.21 bits per heavy atom. The Morgan fingerprint density at radius 3 is 2.74 bits per heavy atom. The third-order valence-corrected chi connectivity index (χ3v) is 3.85. The first-order valence-corrected chi connectivity index (χ1v) is 6.56. The molecule has 0 bridgehead atoms. The average molecular weight is 279 g/mol. The molecule has 6 heteroatoms. The Kier molecular flexibility index (Phi) is 3.71. The van der Waals surface area contributed by atoms with Crippen LogP contribution in [-0.2, 0) is 6.42 Å². The van der Waals surface area contributed by atoms with Crippen molar-refractivity contribution in [3.8, 4) is 0 Å². The molecule has 2 rings (SSSR count). The van der Waals surface area contributed by atoms with Crippen LogP contribution in [-0.4, -0.2) is 17.0 Å². The van der Waals surface area contributed by atoms with E-state index in [1.165, 1.54) is 17.6 Å². The zero-order chi connectivity index (χ0) is 14.0. The van der Waals surface area contributed by atoms with Crippen LogP contribution in [0, 0.1) is 6.92 Å². The molecule has 5 nitrogen and oxygen atoms in total. The van der Waals surface area contributed by atoms with Gasteiger partial charge < -0.3 is 14.8 Å². The zero-order valence-corrected chi connectivity index (χ0v) is 11.3. The maximum atomic E-state index is 12.0. The fourth-order valence-corrected chi connectivity index (χ4v) is 2.62. The molecule has 0 saturated heterocycles. The summed E-state index contributed by atoms with van der Waals surface area (Å²) in [7, 11) is 0. The molecule has 0 radical (unpaired) electrons. The number of amides is 1. The Balaban J connectivity index is 2.28. The lowest BCUT2D eigenvalue weighted by molar-refractivity contribution is 0.0698. The van der Waals surface area contributed by atoms with Crippen LogP contribution in [0.15, 0.2) is 22.8 Å². The van der Waals surface area contributed by atoms with Gasteiger partial charge in [-0.2, -0.15) is 0 Å². The molecule has 0 aliphatic heterocycles. The molecule has 0 unspecified atom stereocenters. The van der Waals surface area contributed by atoms with Crippen molar-refractivity contribution in [2.24, 2.45) is 0 Å². The minimum atomic E-state index is -1.05. The van der Waals surface area contributed by atoms with Gasteiger partial charge in [-0.25, -0.2) is 4.79 Å². The van der Waals surface area contributed by atoms with E-state index in [0.29, 0.717) is 10.6 Å². The van der Waals surface area contributed by atoms with Crippen LogP contribution >= 0.6 is 11.3 Å². The molecule has 2 aromatic heterocycles. The smallest absolute Gasteiger partial charge is 0.338 e. The fraction of sp³-hybridized carbons (Fsp3) is 0.231. The van der Waals surface area contributed by atoms with Gasteiger partial charge in [0, 0.05) is 10.4 Å². The second-order valence-electron chi connectivity index (χ2n) is 4.00. The minimum absolute atomic E-state index is 0.111. The first-order valence-electron chi connectivity index (χ1n) is 5.74. The van der Waals surface area contributed by atoms with E-state index in [1.807, 2.05) is 6.92 Å². The van der Waals surface area contributed by atoms with Crippen molar-refractivity contribution in [3.63, 3.8) is 0 Å². The molecule has 2 N–H and O–H groups in total. The van der Waals surface area contributed by atoms with Crippen molar-refractivity contribution in [2.75, 3.05) is 5.32 Å². The van der Waals surface area contributed by atoms with Crippen molar-refractivity contribution in [1.82, 2.24) is 0 Å². The molecule has 0 fully saturated rings. The second-order valence-corrected chi connectivity index (χ2v) is 5.14. The van der Waals surface area contributed by atoms with E-state index in [1.54, 1.807) is 19.1 Å². The van der Waals surface area contributed by atoms with Crippen molar-refractivity contribution in [1.29, 1.82) is 0 Å². The third-order valence-electron chi connectivity index (χ3n) is 2.66.